The minimum absolute atomic E-state index is 0.0352. The van der Waals surface area contributed by atoms with E-state index in [4.69, 9.17) is 0 Å². The number of methoxy groups -OCH3 is 1. The molecule has 0 aromatic rings. The third kappa shape index (κ3) is 2.12. The second-order valence-corrected chi connectivity index (χ2v) is 3.01. The molecule has 1 N–H and O–H groups in total. The van der Waals surface area contributed by atoms with E-state index in [-0.39, 0.29) is 12.8 Å². The van der Waals surface area contributed by atoms with Crippen LogP contribution >= 0.6 is 0 Å². The number of carbonyl (C=O) groups is 1. The summed E-state index contributed by atoms with van der Waals surface area (Å²) in [5.41, 5.74) is -1.83. The van der Waals surface area contributed by atoms with E-state index in [0.29, 0.717) is 0 Å². The van der Waals surface area contributed by atoms with Crippen LogP contribution in [0.5, 0.6) is 0 Å². The van der Waals surface area contributed by atoms with Crippen LogP contribution in [0.25, 0.3) is 0 Å². The molecule has 3 nitrogen and oxygen atoms in total. The molecule has 76 valence electrons. The van der Waals surface area contributed by atoms with Gasteiger partial charge in [-0.15, -0.1) is 0 Å². The minimum Gasteiger partial charge on any atom is -0.468 e. The fourth-order valence-electron chi connectivity index (χ4n) is 0.999. The molecular weight excluding hydrogens is 187 g/mol. The quantitative estimate of drug-likeness (QED) is 0.681. The lowest BCUT2D eigenvalue weighted by atomic mass is 10.2. The lowest BCUT2D eigenvalue weighted by Gasteiger charge is -2.19. The second-order valence-electron chi connectivity index (χ2n) is 3.01. The summed E-state index contributed by atoms with van der Waals surface area (Å²) in [5.74, 6) is -0.685. The molecule has 0 atom stereocenters. The van der Waals surface area contributed by atoms with Crippen molar-refractivity contribution in [3.63, 3.8) is 0 Å². The van der Waals surface area contributed by atoms with Crippen molar-refractivity contribution in [1.82, 2.24) is 5.32 Å². The van der Waals surface area contributed by atoms with Gasteiger partial charge in [0.2, 0.25) is 0 Å². The number of alkyl halides is 3. The molecule has 13 heavy (non-hydrogen) atoms. The first-order valence-electron chi connectivity index (χ1n) is 3.80. The predicted molar refractivity (Wildman–Crippen MR) is 38.0 cm³/mol. The zero-order valence-electron chi connectivity index (χ0n) is 7.07. The van der Waals surface area contributed by atoms with E-state index in [0.717, 1.165) is 7.11 Å². The fraction of sp³-hybridized carbons (Fsp3) is 0.857. The van der Waals surface area contributed by atoms with Crippen LogP contribution in [0, 0.1) is 0 Å². The summed E-state index contributed by atoms with van der Waals surface area (Å²) in [6, 6.07) is 0. The lowest BCUT2D eigenvalue weighted by Crippen LogP contribution is -2.47. The van der Waals surface area contributed by atoms with Gasteiger partial charge in [-0.25, -0.2) is 0 Å². The molecule has 0 unspecified atom stereocenters. The summed E-state index contributed by atoms with van der Waals surface area (Å²) in [5, 5.41) is 2.16. The van der Waals surface area contributed by atoms with Crippen molar-refractivity contribution in [3.05, 3.63) is 0 Å². The van der Waals surface area contributed by atoms with Crippen LogP contribution in [-0.4, -0.2) is 31.3 Å². The van der Waals surface area contributed by atoms with Gasteiger partial charge in [-0.05, 0) is 12.8 Å². The standard InChI is InChI=1S/C7H10F3NO2/c1-13-5(12)4-11-6(2-3-6)7(8,9)10/h11H,2-4H2,1H3. The van der Waals surface area contributed by atoms with Crippen LogP contribution in [0.3, 0.4) is 0 Å². The monoisotopic (exact) mass is 197 g/mol. The Morgan fingerprint density at radius 1 is 1.54 bits per heavy atom. The average Bonchev–Trinajstić information content (AvgIpc) is 2.79. The first kappa shape index (κ1) is 10.3. The highest BCUT2D eigenvalue weighted by Crippen LogP contribution is 2.48. The molecule has 1 aliphatic carbocycles. The molecule has 0 heterocycles. The molecule has 0 bridgehead atoms. The molecule has 0 saturated heterocycles. The minimum atomic E-state index is -4.28. The van der Waals surface area contributed by atoms with Crippen molar-refractivity contribution < 1.29 is 22.7 Å². The smallest absolute Gasteiger partial charge is 0.406 e. The molecule has 0 radical (unpaired) electrons. The van der Waals surface area contributed by atoms with E-state index in [1.165, 1.54) is 0 Å². The zero-order chi connectivity index (χ0) is 10.1. The van der Waals surface area contributed by atoms with E-state index in [9.17, 15) is 18.0 Å². The Balaban J connectivity index is 2.41. The first-order valence-corrected chi connectivity index (χ1v) is 3.80. The molecule has 1 rings (SSSR count). The number of nitrogens with one attached hydrogen (secondary N) is 1. The molecule has 1 saturated carbocycles. The van der Waals surface area contributed by atoms with Gasteiger partial charge in [0.15, 0.2) is 0 Å². The predicted octanol–water partition coefficient (Wildman–Crippen LogP) is 0.844. The van der Waals surface area contributed by atoms with Gasteiger partial charge in [-0.2, -0.15) is 13.2 Å². The maximum absolute atomic E-state index is 12.2. The van der Waals surface area contributed by atoms with Crippen LogP contribution in [0.2, 0.25) is 0 Å². The normalized spacial score (nSPS) is 19.7. The Bertz CT molecular complexity index is 210. The summed E-state index contributed by atoms with van der Waals surface area (Å²) in [7, 11) is 1.14. The molecule has 1 aliphatic rings. The number of hydrogen-bond donors (Lipinski definition) is 1. The Morgan fingerprint density at radius 2 is 2.08 bits per heavy atom. The highest BCUT2D eigenvalue weighted by Gasteiger charge is 2.63. The van der Waals surface area contributed by atoms with Crippen LogP contribution in [0.15, 0.2) is 0 Å². The van der Waals surface area contributed by atoms with Gasteiger partial charge in [0, 0.05) is 0 Å². The molecular formula is C7H10F3NO2. The van der Waals surface area contributed by atoms with Crippen molar-refractivity contribution >= 4 is 5.97 Å². The van der Waals surface area contributed by atoms with Gasteiger partial charge >= 0.3 is 12.1 Å². The molecule has 0 amide bonds. The number of rotatable bonds is 3. The summed E-state index contributed by atoms with van der Waals surface area (Å²) in [6.07, 6.45) is -4.21. The highest BCUT2D eigenvalue weighted by molar-refractivity contribution is 5.71. The lowest BCUT2D eigenvalue weighted by molar-refractivity contribution is -0.167. The topological polar surface area (TPSA) is 38.3 Å². The highest BCUT2D eigenvalue weighted by atomic mass is 19.4. The Labute approximate surface area is 73.2 Å². The van der Waals surface area contributed by atoms with E-state index in [2.05, 4.69) is 10.1 Å². The van der Waals surface area contributed by atoms with Crippen molar-refractivity contribution in [3.8, 4) is 0 Å². The van der Waals surface area contributed by atoms with Crippen LogP contribution < -0.4 is 5.32 Å². The SMILES string of the molecule is COC(=O)CNC1(C(F)(F)F)CC1. The summed E-state index contributed by atoms with van der Waals surface area (Å²) < 4.78 is 40.9. The van der Waals surface area contributed by atoms with Gasteiger partial charge in [-0.1, -0.05) is 0 Å². The van der Waals surface area contributed by atoms with Crippen molar-refractivity contribution in [2.45, 2.75) is 24.6 Å². The number of esters is 1. The summed E-state index contributed by atoms with van der Waals surface area (Å²) >= 11 is 0. The molecule has 0 spiro atoms. The van der Waals surface area contributed by atoms with Gasteiger partial charge in [-0.3, -0.25) is 10.1 Å². The van der Waals surface area contributed by atoms with Crippen LogP contribution in [0.1, 0.15) is 12.8 Å². The molecule has 6 heteroatoms. The first-order chi connectivity index (χ1) is 5.91. The Kier molecular flexibility index (Phi) is 2.51. The summed E-state index contributed by atoms with van der Waals surface area (Å²) in [4.78, 5) is 10.6. The fourth-order valence-corrected chi connectivity index (χ4v) is 0.999. The van der Waals surface area contributed by atoms with Crippen LogP contribution in [0.4, 0.5) is 13.2 Å². The van der Waals surface area contributed by atoms with Crippen LogP contribution in [-0.2, 0) is 9.53 Å². The van der Waals surface area contributed by atoms with E-state index in [1.54, 1.807) is 0 Å². The third-order valence-electron chi connectivity index (χ3n) is 2.09. The Morgan fingerprint density at radius 3 is 2.38 bits per heavy atom. The van der Waals surface area contributed by atoms with Gasteiger partial charge < -0.3 is 4.74 Å². The van der Waals surface area contributed by atoms with Crippen molar-refractivity contribution in [2.75, 3.05) is 13.7 Å². The average molecular weight is 197 g/mol. The molecule has 0 aromatic heterocycles. The largest absolute Gasteiger partial charge is 0.468 e. The van der Waals surface area contributed by atoms with E-state index in [1.807, 2.05) is 0 Å². The van der Waals surface area contributed by atoms with Crippen molar-refractivity contribution in [1.29, 1.82) is 0 Å². The van der Waals surface area contributed by atoms with Gasteiger partial charge in [0.1, 0.15) is 5.54 Å². The molecule has 0 aliphatic heterocycles. The molecule has 0 aromatic carbocycles. The zero-order valence-corrected chi connectivity index (χ0v) is 7.07. The summed E-state index contributed by atoms with van der Waals surface area (Å²) in [6.45, 7) is -0.393. The number of ether oxygens (including phenoxy) is 1. The van der Waals surface area contributed by atoms with Gasteiger partial charge in [0.25, 0.3) is 0 Å². The number of carbonyl (C=O) groups excluding carboxylic acids is 1. The van der Waals surface area contributed by atoms with E-state index >= 15 is 0 Å². The Hall–Kier alpha value is -0.780. The molecule has 1 fully saturated rings. The maximum Gasteiger partial charge on any atom is 0.406 e. The number of halogens is 3. The number of hydrogen-bond acceptors (Lipinski definition) is 3. The third-order valence-corrected chi connectivity index (χ3v) is 2.09. The van der Waals surface area contributed by atoms with E-state index < -0.39 is 24.2 Å². The second kappa shape index (κ2) is 3.17. The van der Waals surface area contributed by atoms with Gasteiger partial charge in [0.05, 0.1) is 13.7 Å². The maximum atomic E-state index is 12.2. The van der Waals surface area contributed by atoms with Crippen molar-refractivity contribution in [2.24, 2.45) is 0 Å².